The Hall–Kier alpha value is -0.420. The van der Waals surface area contributed by atoms with Crippen molar-refractivity contribution in [2.24, 2.45) is 5.73 Å². The Labute approximate surface area is 133 Å². The molecule has 1 aromatic heterocycles. The molecule has 21 heavy (non-hydrogen) atoms. The third-order valence-electron chi connectivity index (χ3n) is 4.23. The maximum atomic E-state index is 6.10. The van der Waals surface area contributed by atoms with Crippen molar-refractivity contribution in [2.45, 2.75) is 58.1 Å². The van der Waals surface area contributed by atoms with E-state index in [1.165, 1.54) is 22.6 Å². The van der Waals surface area contributed by atoms with Gasteiger partial charge in [-0.3, -0.25) is 4.90 Å². The first-order chi connectivity index (χ1) is 9.95. The molecule has 0 aromatic carbocycles. The third-order valence-corrected chi connectivity index (χ3v) is 5.84. The fraction of sp³-hybridized carbons (Fsp3) is 0.765. The molecule has 0 bridgehead atoms. The largest absolute Gasteiger partial charge is 0.377 e. The van der Waals surface area contributed by atoms with Crippen molar-refractivity contribution >= 4 is 11.3 Å². The lowest BCUT2D eigenvalue weighted by molar-refractivity contribution is 0.0607. The van der Waals surface area contributed by atoms with Crippen LogP contribution in [0.3, 0.4) is 0 Å². The maximum absolute atomic E-state index is 6.10. The van der Waals surface area contributed by atoms with Crippen molar-refractivity contribution in [1.82, 2.24) is 4.90 Å². The minimum Gasteiger partial charge on any atom is -0.377 e. The summed E-state index contributed by atoms with van der Waals surface area (Å²) < 4.78 is 5.80. The molecule has 0 aliphatic carbocycles. The number of hydrogen-bond acceptors (Lipinski definition) is 4. The van der Waals surface area contributed by atoms with Crippen LogP contribution in [0.4, 0.5) is 0 Å². The van der Waals surface area contributed by atoms with Crippen LogP contribution in [-0.2, 0) is 10.2 Å². The van der Waals surface area contributed by atoms with Crippen molar-refractivity contribution < 1.29 is 4.74 Å². The van der Waals surface area contributed by atoms with Gasteiger partial charge < -0.3 is 10.5 Å². The summed E-state index contributed by atoms with van der Waals surface area (Å²) in [6.45, 7) is 12.6. The first kappa shape index (κ1) is 16.9. The molecule has 2 N–H and O–H groups in total. The first-order valence-electron chi connectivity index (χ1n) is 8.11. The van der Waals surface area contributed by atoms with E-state index in [-0.39, 0.29) is 5.41 Å². The predicted molar refractivity (Wildman–Crippen MR) is 91.0 cm³/mol. The molecular weight excluding hydrogens is 280 g/mol. The van der Waals surface area contributed by atoms with Crippen LogP contribution in [0.15, 0.2) is 12.1 Å². The number of ether oxygens (including phenoxy) is 1. The van der Waals surface area contributed by atoms with Gasteiger partial charge >= 0.3 is 0 Å². The Morgan fingerprint density at radius 2 is 2.19 bits per heavy atom. The van der Waals surface area contributed by atoms with E-state index in [9.17, 15) is 0 Å². The van der Waals surface area contributed by atoms with Gasteiger partial charge in [-0.15, -0.1) is 11.3 Å². The lowest BCUT2D eigenvalue weighted by atomic mass is 9.95. The predicted octanol–water partition coefficient (Wildman–Crippen LogP) is 3.55. The topological polar surface area (TPSA) is 38.5 Å². The highest BCUT2D eigenvalue weighted by Gasteiger charge is 2.26. The maximum Gasteiger partial charge on any atom is 0.0703 e. The first-order valence-corrected chi connectivity index (χ1v) is 8.93. The highest BCUT2D eigenvalue weighted by molar-refractivity contribution is 7.12. The standard InChI is InChI=1S/C17H30N2OS/c1-5-19(12-13-7-6-10-20-13)14(11-18)15-8-9-16(21-15)17(2,3)4/h8-9,13-14H,5-7,10-12,18H2,1-4H3. The van der Waals surface area contributed by atoms with Crippen LogP contribution in [0.5, 0.6) is 0 Å². The molecule has 0 saturated carbocycles. The lowest BCUT2D eigenvalue weighted by Gasteiger charge is -2.31. The van der Waals surface area contributed by atoms with E-state index in [0.717, 1.165) is 19.7 Å². The van der Waals surface area contributed by atoms with Crippen LogP contribution in [0, 0.1) is 0 Å². The summed E-state index contributed by atoms with van der Waals surface area (Å²) in [6, 6.07) is 4.85. The molecule has 0 radical (unpaired) electrons. The van der Waals surface area contributed by atoms with Crippen molar-refractivity contribution in [2.75, 3.05) is 26.2 Å². The molecule has 120 valence electrons. The molecule has 0 spiro atoms. The number of rotatable bonds is 6. The molecular formula is C17H30N2OS. The van der Waals surface area contributed by atoms with Gasteiger partial charge in [-0.25, -0.2) is 0 Å². The highest BCUT2D eigenvalue weighted by Crippen LogP contribution is 2.34. The fourth-order valence-electron chi connectivity index (χ4n) is 2.91. The molecule has 4 heteroatoms. The zero-order valence-electron chi connectivity index (χ0n) is 13.9. The second-order valence-corrected chi connectivity index (χ2v) is 8.04. The zero-order valence-corrected chi connectivity index (χ0v) is 14.7. The van der Waals surface area contributed by atoms with Gasteiger partial charge in [0.25, 0.3) is 0 Å². The molecule has 1 aliphatic heterocycles. The summed E-state index contributed by atoms with van der Waals surface area (Å²) in [7, 11) is 0. The summed E-state index contributed by atoms with van der Waals surface area (Å²) >= 11 is 1.91. The minimum absolute atomic E-state index is 0.216. The van der Waals surface area contributed by atoms with Crippen LogP contribution >= 0.6 is 11.3 Å². The molecule has 1 aliphatic rings. The normalized spacial score (nSPS) is 21.1. The van der Waals surface area contributed by atoms with Crippen LogP contribution in [0.1, 0.15) is 56.3 Å². The zero-order chi connectivity index (χ0) is 15.5. The van der Waals surface area contributed by atoms with Crippen molar-refractivity contribution in [3.63, 3.8) is 0 Å². The van der Waals surface area contributed by atoms with E-state index < -0.39 is 0 Å². The molecule has 0 amide bonds. The summed E-state index contributed by atoms with van der Waals surface area (Å²) in [4.78, 5) is 5.31. The summed E-state index contributed by atoms with van der Waals surface area (Å²) in [5, 5.41) is 0. The minimum atomic E-state index is 0.216. The molecule has 1 fully saturated rings. The smallest absolute Gasteiger partial charge is 0.0703 e. The average Bonchev–Trinajstić information content (AvgIpc) is 3.08. The van der Waals surface area contributed by atoms with Crippen molar-refractivity contribution in [3.8, 4) is 0 Å². The molecule has 2 unspecified atom stereocenters. The van der Waals surface area contributed by atoms with Gasteiger partial charge in [0.1, 0.15) is 0 Å². The van der Waals surface area contributed by atoms with Crippen LogP contribution in [0.25, 0.3) is 0 Å². The van der Waals surface area contributed by atoms with E-state index in [1.54, 1.807) is 0 Å². The van der Waals surface area contributed by atoms with E-state index in [0.29, 0.717) is 18.7 Å². The molecule has 2 rings (SSSR count). The Morgan fingerprint density at radius 3 is 2.67 bits per heavy atom. The fourth-order valence-corrected chi connectivity index (χ4v) is 4.12. The molecule has 2 atom stereocenters. The summed E-state index contributed by atoms with van der Waals surface area (Å²) in [6.07, 6.45) is 2.77. The monoisotopic (exact) mass is 310 g/mol. The quantitative estimate of drug-likeness (QED) is 0.873. The Morgan fingerprint density at radius 1 is 1.43 bits per heavy atom. The lowest BCUT2D eigenvalue weighted by Crippen LogP contribution is -2.38. The average molecular weight is 311 g/mol. The van der Waals surface area contributed by atoms with Crippen LogP contribution < -0.4 is 5.73 Å². The van der Waals surface area contributed by atoms with Gasteiger partial charge in [0.15, 0.2) is 0 Å². The van der Waals surface area contributed by atoms with Gasteiger partial charge in [-0.1, -0.05) is 27.7 Å². The van der Waals surface area contributed by atoms with Crippen LogP contribution in [0.2, 0.25) is 0 Å². The number of thiophene rings is 1. The SMILES string of the molecule is CCN(CC1CCCO1)C(CN)c1ccc(C(C)(C)C)s1. The molecule has 1 saturated heterocycles. The van der Waals surface area contributed by atoms with Gasteiger partial charge in [0.2, 0.25) is 0 Å². The van der Waals surface area contributed by atoms with E-state index in [2.05, 4.69) is 44.7 Å². The second-order valence-electron chi connectivity index (χ2n) is 6.93. The van der Waals surface area contributed by atoms with E-state index >= 15 is 0 Å². The third kappa shape index (κ3) is 4.28. The molecule has 1 aromatic rings. The van der Waals surface area contributed by atoms with Gasteiger partial charge in [-0.2, -0.15) is 0 Å². The van der Waals surface area contributed by atoms with Gasteiger partial charge in [0, 0.05) is 29.5 Å². The summed E-state index contributed by atoms with van der Waals surface area (Å²) in [5.41, 5.74) is 6.31. The Balaban J connectivity index is 2.10. The number of likely N-dealkylation sites (N-methyl/N-ethyl adjacent to an activating group) is 1. The van der Waals surface area contributed by atoms with Crippen LogP contribution in [-0.4, -0.2) is 37.2 Å². The number of hydrogen-bond donors (Lipinski definition) is 1. The summed E-state index contributed by atoms with van der Waals surface area (Å²) in [5.74, 6) is 0. The number of nitrogens with zero attached hydrogens (tertiary/aromatic N) is 1. The highest BCUT2D eigenvalue weighted by atomic mass is 32.1. The number of nitrogens with two attached hydrogens (primary N) is 1. The van der Waals surface area contributed by atoms with E-state index in [1.807, 2.05) is 11.3 Å². The second kappa shape index (κ2) is 7.23. The molecule has 3 nitrogen and oxygen atoms in total. The van der Waals surface area contributed by atoms with E-state index in [4.69, 9.17) is 10.5 Å². The molecule has 2 heterocycles. The van der Waals surface area contributed by atoms with Gasteiger partial charge in [0.05, 0.1) is 12.1 Å². The van der Waals surface area contributed by atoms with Crippen molar-refractivity contribution in [3.05, 3.63) is 21.9 Å². The van der Waals surface area contributed by atoms with Crippen molar-refractivity contribution in [1.29, 1.82) is 0 Å². The Kier molecular flexibility index (Phi) is 5.83. The Bertz CT molecular complexity index is 432. The van der Waals surface area contributed by atoms with Gasteiger partial charge in [-0.05, 0) is 36.9 Å².